The van der Waals surface area contributed by atoms with Gasteiger partial charge in [-0.15, -0.1) is 11.3 Å². The largest absolute Gasteiger partial charge is 0.401 e. The van der Waals surface area contributed by atoms with Crippen molar-refractivity contribution in [2.75, 3.05) is 39.3 Å². The summed E-state index contributed by atoms with van der Waals surface area (Å²) in [5.74, 6) is 0. The van der Waals surface area contributed by atoms with Crippen molar-refractivity contribution >= 4 is 11.3 Å². The van der Waals surface area contributed by atoms with Crippen LogP contribution >= 0.6 is 11.3 Å². The van der Waals surface area contributed by atoms with Crippen LogP contribution in [0.2, 0.25) is 0 Å². The highest BCUT2D eigenvalue weighted by molar-refractivity contribution is 7.10. The van der Waals surface area contributed by atoms with E-state index in [4.69, 9.17) is 5.73 Å². The molecule has 0 bridgehead atoms. The zero-order chi connectivity index (χ0) is 13.9. The number of nitrogens with two attached hydrogens (primary N) is 1. The summed E-state index contributed by atoms with van der Waals surface area (Å²) >= 11 is 1.62. The van der Waals surface area contributed by atoms with Gasteiger partial charge in [-0.05, 0) is 11.4 Å². The Bertz CT molecular complexity index is 372. The van der Waals surface area contributed by atoms with Crippen LogP contribution in [-0.4, -0.2) is 55.2 Å². The third kappa shape index (κ3) is 4.76. The zero-order valence-electron chi connectivity index (χ0n) is 10.6. The van der Waals surface area contributed by atoms with Crippen molar-refractivity contribution in [2.24, 2.45) is 5.73 Å². The summed E-state index contributed by atoms with van der Waals surface area (Å²) in [7, 11) is 0. The predicted molar refractivity (Wildman–Crippen MR) is 70.2 cm³/mol. The average Bonchev–Trinajstić information content (AvgIpc) is 2.83. The van der Waals surface area contributed by atoms with E-state index in [1.165, 1.54) is 4.90 Å². The first kappa shape index (κ1) is 14.8. The maximum absolute atomic E-state index is 12.3. The number of piperazine rings is 1. The van der Waals surface area contributed by atoms with E-state index in [1.54, 1.807) is 11.3 Å². The quantitative estimate of drug-likeness (QED) is 0.920. The lowest BCUT2D eigenvalue weighted by Crippen LogP contribution is -2.50. The Morgan fingerprint density at radius 1 is 1.21 bits per heavy atom. The maximum atomic E-state index is 12.3. The fourth-order valence-electron chi connectivity index (χ4n) is 2.25. The summed E-state index contributed by atoms with van der Waals surface area (Å²) in [5.41, 5.74) is 6.08. The predicted octanol–water partition coefficient (Wildman–Crippen LogP) is 1.93. The molecule has 1 saturated heterocycles. The van der Waals surface area contributed by atoms with Gasteiger partial charge in [-0.25, -0.2) is 0 Å². The van der Waals surface area contributed by atoms with E-state index in [2.05, 4.69) is 4.90 Å². The molecule has 0 aromatic carbocycles. The maximum Gasteiger partial charge on any atom is 0.401 e. The molecule has 2 rings (SSSR count). The van der Waals surface area contributed by atoms with Gasteiger partial charge in [-0.2, -0.15) is 13.2 Å². The molecule has 1 unspecified atom stereocenters. The molecule has 2 heterocycles. The molecule has 1 aliphatic heterocycles. The number of alkyl halides is 3. The Kier molecular flexibility index (Phi) is 4.83. The Morgan fingerprint density at radius 3 is 2.37 bits per heavy atom. The molecule has 0 radical (unpaired) electrons. The van der Waals surface area contributed by atoms with Gasteiger partial charge < -0.3 is 5.73 Å². The van der Waals surface area contributed by atoms with Crippen molar-refractivity contribution in [3.05, 3.63) is 22.4 Å². The number of halogens is 3. The van der Waals surface area contributed by atoms with E-state index in [1.807, 2.05) is 17.5 Å². The summed E-state index contributed by atoms with van der Waals surface area (Å²) in [6, 6.07) is 3.91. The van der Waals surface area contributed by atoms with E-state index in [-0.39, 0.29) is 6.04 Å². The molecule has 19 heavy (non-hydrogen) atoms. The molecule has 1 fully saturated rings. The van der Waals surface area contributed by atoms with Crippen LogP contribution in [0.15, 0.2) is 17.5 Å². The minimum Gasteiger partial charge on any atom is -0.322 e. The highest BCUT2D eigenvalue weighted by Gasteiger charge is 2.32. The molecular weight excluding hydrogens is 275 g/mol. The highest BCUT2D eigenvalue weighted by Crippen LogP contribution is 2.20. The van der Waals surface area contributed by atoms with Gasteiger partial charge in [-0.3, -0.25) is 9.80 Å². The molecule has 1 aliphatic rings. The van der Waals surface area contributed by atoms with Crippen molar-refractivity contribution in [3.63, 3.8) is 0 Å². The Labute approximate surface area is 114 Å². The normalized spacial score (nSPS) is 20.6. The number of thiophene rings is 1. The van der Waals surface area contributed by atoms with Gasteiger partial charge in [0.25, 0.3) is 0 Å². The van der Waals surface area contributed by atoms with Gasteiger partial charge in [0, 0.05) is 37.6 Å². The first-order chi connectivity index (χ1) is 8.94. The Balaban J connectivity index is 1.74. The van der Waals surface area contributed by atoms with Gasteiger partial charge in [0.2, 0.25) is 0 Å². The summed E-state index contributed by atoms with van der Waals surface area (Å²) in [4.78, 5) is 4.71. The Hall–Kier alpha value is -0.630. The van der Waals surface area contributed by atoms with Crippen LogP contribution in [0.3, 0.4) is 0 Å². The van der Waals surface area contributed by atoms with Gasteiger partial charge >= 0.3 is 6.18 Å². The molecule has 2 N–H and O–H groups in total. The van der Waals surface area contributed by atoms with E-state index in [9.17, 15) is 13.2 Å². The lowest BCUT2D eigenvalue weighted by molar-refractivity contribution is -0.149. The third-order valence-corrected chi connectivity index (χ3v) is 4.24. The standard InChI is InChI=1S/C12H18F3N3S/c13-12(14,15)9-18-5-3-17(4-6-18)8-10(16)11-2-1-7-19-11/h1-2,7,10H,3-6,8-9,16H2. The SMILES string of the molecule is NC(CN1CCN(CC(F)(F)F)CC1)c1cccs1. The summed E-state index contributed by atoms with van der Waals surface area (Å²) in [5, 5.41) is 1.98. The summed E-state index contributed by atoms with van der Waals surface area (Å²) in [6.45, 7) is 2.11. The van der Waals surface area contributed by atoms with Gasteiger partial charge in [0.1, 0.15) is 0 Å². The van der Waals surface area contributed by atoms with Crippen molar-refractivity contribution in [1.29, 1.82) is 0 Å². The van der Waals surface area contributed by atoms with Crippen LogP contribution < -0.4 is 5.73 Å². The van der Waals surface area contributed by atoms with E-state index >= 15 is 0 Å². The zero-order valence-corrected chi connectivity index (χ0v) is 11.4. The van der Waals surface area contributed by atoms with Gasteiger partial charge in [0.05, 0.1) is 12.6 Å². The minimum atomic E-state index is -4.10. The van der Waals surface area contributed by atoms with Crippen molar-refractivity contribution < 1.29 is 13.2 Å². The molecule has 1 aromatic rings. The molecule has 0 amide bonds. The highest BCUT2D eigenvalue weighted by atomic mass is 32.1. The van der Waals surface area contributed by atoms with Crippen LogP contribution in [0, 0.1) is 0 Å². The smallest absolute Gasteiger partial charge is 0.322 e. The second-order valence-corrected chi connectivity index (χ2v) is 5.79. The second-order valence-electron chi connectivity index (χ2n) is 4.81. The van der Waals surface area contributed by atoms with Gasteiger partial charge in [0.15, 0.2) is 0 Å². The molecule has 7 heteroatoms. The van der Waals surface area contributed by atoms with Crippen LogP contribution in [0.1, 0.15) is 10.9 Å². The molecule has 1 atom stereocenters. The van der Waals surface area contributed by atoms with Crippen molar-refractivity contribution in [3.8, 4) is 0 Å². The van der Waals surface area contributed by atoms with Crippen LogP contribution in [0.25, 0.3) is 0 Å². The Morgan fingerprint density at radius 2 is 1.84 bits per heavy atom. The monoisotopic (exact) mass is 293 g/mol. The molecule has 1 aromatic heterocycles. The summed E-state index contributed by atoms with van der Waals surface area (Å²) in [6.07, 6.45) is -4.10. The number of hydrogen-bond donors (Lipinski definition) is 1. The fraction of sp³-hybridized carbons (Fsp3) is 0.667. The first-order valence-corrected chi connectivity index (χ1v) is 7.12. The molecule has 0 saturated carbocycles. The number of nitrogens with zero attached hydrogens (tertiary/aromatic N) is 2. The third-order valence-electron chi connectivity index (χ3n) is 3.23. The van der Waals surface area contributed by atoms with Crippen molar-refractivity contribution in [2.45, 2.75) is 12.2 Å². The molecule has 0 spiro atoms. The number of hydrogen-bond acceptors (Lipinski definition) is 4. The van der Waals surface area contributed by atoms with E-state index in [0.717, 1.165) is 4.88 Å². The second kappa shape index (κ2) is 6.21. The van der Waals surface area contributed by atoms with Gasteiger partial charge in [-0.1, -0.05) is 6.07 Å². The fourth-order valence-corrected chi connectivity index (χ4v) is 2.97. The minimum absolute atomic E-state index is 0.0471. The molecule has 3 nitrogen and oxygen atoms in total. The average molecular weight is 293 g/mol. The van der Waals surface area contributed by atoms with Crippen LogP contribution in [0.5, 0.6) is 0 Å². The van der Waals surface area contributed by atoms with Crippen LogP contribution in [-0.2, 0) is 0 Å². The van der Waals surface area contributed by atoms with E-state index < -0.39 is 12.7 Å². The van der Waals surface area contributed by atoms with Crippen molar-refractivity contribution in [1.82, 2.24) is 9.80 Å². The number of rotatable bonds is 4. The summed E-state index contributed by atoms with van der Waals surface area (Å²) < 4.78 is 36.8. The lowest BCUT2D eigenvalue weighted by atomic mass is 10.2. The topological polar surface area (TPSA) is 32.5 Å². The molecular formula is C12H18F3N3S. The lowest BCUT2D eigenvalue weighted by Gasteiger charge is -2.35. The molecule has 108 valence electrons. The van der Waals surface area contributed by atoms with E-state index in [0.29, 0.717) is 32.7 Å². The molecule has 0 aliphatic carbocycles. The first-order valence-electron chi connectivity index (χ1n) is 6.24. The van der Waals surface area contributed by atoms with Crippen LogP contribution in [0.4, 0.5) is 13.2 Å².